The molecular formula is C56H59F6N7O3. The van der Waals surface area contributed by atoms with E-state index in [2.05, 4.69) is 15.3 Å². The number of carbonyl (C=O) groups excluding carboxylic acids is 1. The minimum Gasteiger partial charge on any atom is -0.330 e. The van der Waals surface area contributed by atoms with Crippen LogP contribution in [-0.2, 0) is 32.0 Å². The Morgan fingerprint density at radius 2 is 0.972 bits per heavy atom. The van der Waals surface area contributed by atoms with E-state index in [9.17, 15) is 40.7 Å². The molecule has 0 aliphatic carbocycles. The molecule has 0 saturated heterocycles. The summed E-state index contributed by atoms with van der Waals surface area (Å²) < 4.78 is 82.4. The average Bonchev–Trinajstić information content (AvgIpc) is 3.35. The molecule has 3 unspecified atom stereocenters. The van der Waals surface area contributed by atoms with Crippen LogP contribution in [0.4, 0.5) is 26.3 Å². The van der Waals surface area contributed by atoms with Crippen LogP contribution in [0, 0.1) is 5.92 Å². The number of halogens is 6. The van der Waals surface area contributed by atoms with Gasteiger partial charge in [0.25, 0.3) is 11.1 Å². The molecule has 0 aliphatic rings. The fraction of sp³-hybridized carbons (Fsp3) is 0.268. The Bertz CT molecular complexity index is 3110. The predicted molar refractivity (Wildman–Crippen MR) is 273 cm³/mol. The van der Waals surface area contributed by atoms with Gasteiger partial charge in [0.2, 0.25) is 0 Å². The highest BCUT2D eigenvalue weighted by Crippen LogP contribution is 2.33. The zero-order chi connectivity index (χ0) is 51.3. The van der Waals surface area contributed by atoms with E-state index in [0.29, 0.717) is 24.7 Å². The lowest BCUT2D eigenvalue weighted by Gasteiger charge is -2.25. The van der Waals surface area contributed by atoms with Crippen molar-refractivity contribution in [2.75, 3.05) is 13.1 Å². The maximum atomic E-state index is 13.5. The summed E-state index contributed by atoms with van der Waals surface area (Å²) in [5.41, 5.74) is 13.5. The Balaban J connectivity index is 0.000000232. The number of rotatable bonds is 14. The van der Waals surface area contributed by atoms with Crippen molar-refractivity contribution < 1.29 is 31.1 Å². The summed E-state index contributed by atoms with van der Waals surface area (Å²) >= 11 is 0. The minimum atomic E-state index is -4.53. The summed E-state index contributed by atoms with van der Waals surface area (Å²) in [6.07, 6.45) is -8.20. The summed E-state index contributed by atoms with van der Waals surface area (Å²) in [6.45, 7) is 7.45. The molecule has 6 aromatic carbocycles. The zero-order valence-corrected chi connectivity index (χ0v) is 39.4. The summed E-state index contributed by atoms with van der Waals surface area (Å²) in [5.74, 6) is 0.186. The van der Waals surface area contributed by atoms with Crippen molar-refractivity contribution in [3.63, 3.8) is 0 Å². The summed E-state index contributed by atoms with van der Waals surface area (Å²) in [5, 5.41) is 3.66. The van der Waals surface area contributed by atoms with Crippen molar-refractivity contribution in [1.29, 1.82) is 0 Å². The monoisotopic (exact) mass is 991 g/mol. The Morgan fingerprint density at radius 1 is 0.583 bits per heavy atom. The lowest BCUT2D eigenvalue weighted by molar-refractivity contribution is -0.138. The molecule has 5 N–H and O–H groups in total. The number of aromatic nitrogens is 4. The van der Waals surface area contributed by atoms with Gasteiger partial charge in [-0.25, -0.2) is 9.97 Å². The quantitative estimate of drug-likeness (QED) is 0.0720. The molecule has 0 aliphatic heterocycles. The summed E-state index contributed by atoms with van der Waals surface area (Å²) in [6, 6.07) is 43.4. The van der Waals surface area contributed by atoms with Crippen LogP contribution in [0.5, 0.6) is 0 Å². The fourth-order valence-electron chi connectivity index (χ4n) is 7.92. The van der Waals surface area contributed by atoms with Crippen LogP contribution < -0.4 is 27.9 Å². The molecule has 0 amide bonds. The highest BCUT2D eigenvalue weighted by molar-refractivity contribution is 5.79. The molecular weight excluding hydrogens is 933 g/mol. The van der Waals surface area contributed by atoms with Crippen LogP contribution in [0.3, 0.4) is 0 Å². The van der Waals surface area contributed by atoms with Crippen LogP contribution in [-0.4, -0.2) is 44.5 Å². The van der Waals surface area contributed by atoms with Crippen molar-refractivity contribution in [3.8, 4) is 0 Å². The molecule has 2 heterocycles. The number of nitrogens with zero attached hydrogens (tertiary/aromatic N) is 4. The molecule has 0 radical (unpaired) electrons. The normalized spacial score (nSPS) is 12.7. The fourth-order valence-corrected chi connectivity index (χ4v) is 7.92. The molecule has 0 fully saturated rings. The van der Waals surface area contributed by atoms with Gasteiger partial charge < -0.3 is 16.8 Å². The number of alkyl halides is 6. The van der Waals surface area contributed by atoms with E-state index in [4.69, 9.17) is 11.5 Å². The maximum absolute atomic E-state index is 13.5. The van der Waals surface area contributed by atoms with E-state index < -0.39 is 41.0 Å². The van der Waals surface area contributed by atoms with Crippen molar-refractivity contribution in [1.82, 2.24) is 24.4 Å². The maximum Gasteiger partial charge on any atom is 0.416 e. The topological polar surface area (TPSA) is 151 Å². The van der Waals surface area contributed by atoms with Crippen LogP contribution in [0.25, 0.3) is 21.8 Å². The highest BCUT2D eigenvalue weighted by Gasteiger charge is 2.33. The molecule has 3 atom stereocenters. The third-order valence-electron chi connectivity index (χ3n) is 11.8. The largest absolute Gasteiger partial charge is 0.416 e. The van der Waals surface area contributed by atoms with Crippen molar-refractivity contribution >= 4 is 28.1 Å². The first-order valence-electron chi connectivity index (χ1n) is 22.9. The smallest absolute Gasteiger partial charge is 0.330 e. The standard InChI is InChI=1S/C27H27F3N4O.C21H22F3N3O.C7H6O.CH4/c1-18(31)23(16-32-15-19-8-4-2-5-9-19)25-33-24-14-21(27(28,29)30)12-13-22(24)26(35)34(25)17-20-10-6-3-7-11-20;1-13(2)17(11-25)19-26-18-10-15(21(22,23)24)8-9-16(18)20(28)27(19)12-14-6-4-3-5-7-14;8-6-7-4-2-1-3-5-7;/h2-14,18,23,32H,15-17,31H2,1H3;3-10,13,17H,11-12,25H2,1-2H3;1-6H;1H4. The predicted octanol–water partition coefficient (Wildman–Crippen LogP) is 11.0. The lowest BCUT2D eigenvalue weighted by atomic mass is 9.94. The number of nitrogens with one attached hydrogen (secondary N) is 1. The first-order chi connectivity index (χ1) is 33.9. The molecule has 0 spiro atoms. The zero-order valence-electron chi connectivity index (χ0n) is 39.4. The molecule has 16 heteroatoms. The van der Waals surface area contributed by atoms with Crippen LogP contribution in [0.2, 0.25) is 0 Å². The van der Waals surface area contributed by atoms with Crippen LogP contribution in [0.15, 0.2) is 167 Å². The Morgan fingerprint density at radius 3 is 1.32 bits per heavy atom. The van der Waals surface area contributed by atoms with E-state index in [1.165, 1.54) is 21.3 Å². The van der Waals surface area contributed by atoms with Crippen LogP contribution >= 0.6 is 0 Å². The van der Waals surface area contributed by atoms with Gasteiger partial charge in [-0.2, -0.15) is 26.3 Å². The average molecular weight is 992 g/mol. The number of carbonyl (C=O) groups is 1. The van der Waals surface area contributed by atoms with Gasteiger partial charge in [0, 0.05) is 43.1 Å². The Kier molecular flexibility index (Phi) is 19.5. The van der Waals surface area contributed by atoms with Gasteiger partial charge in [0.05, 0.1) is 46.0 Å². The summed E-state index contributed by atoms with van der Waals surface area (Å²) in [7, 11) is 0. The van der Waals surface area contributed by atoms with Crippen molar-refractivity contribution in [3.05, 3.63) is 223 Å². The lowest BCUT2D eigenvalue weighted by Crippen LogP contribution is -2.38. The molecule has 0 saturated carbocycles. The Hall–Kier alpha value is -7.27. The van der Waals surface area contributed by atoms with E-state index in [0.717, 1.165) is 52.8 Å². The van der Waals surface area contributed by atoms with E-state index >= 15 is 0 Å². The minimum absolute atomic E-state index is 0. The van der Waals surface area contributed by atoms with Gasteiger partial charge in [0.1, 0.15) is 17.9 Å². The first kappa shape index (κ1) is 55.7. The molecule has 2 aromatic heterocycles. The molecule has 0 bridgehead atoms. The number of aldehydes is 1. The van der Waals surface area contributed by atoms with Gasteiger partial charge in [-0.05, 0) is 65.9 Å². The molecule has 8 aromatic rings. The highest BCUT2D eigenvalue weighted by atomic mass is 19.4. The van der Waals surface area contributed by atoms with Crippen molar-refractivity contribution in [2.45, 2.75) is 78.1 Å². The van der Waals surface area contributed by atoms with Gasteiger partial charge in [-0.3, -0.25) is 23.5 Å². The third kappa shape index (κ3) is 14.4. The Labute approximate surface area is 414 Å². The number of hydrogen-bond acceptors (Lipinski definition) is 8. The second-order valence-electron chi connectivity index (χ2n) is 17.4. The number of nitrogens with two attached hydrogens (primary N) is 2. The molecule has 72 heavy (non-hydrogen) atoms. The number of hydrogen-bond donors (Lipinski definition) is 3. The van der Waals surface area contributed by atoms with Gasteiger partial charge in [-0.1, -0.05) is 143 Å². The van der Waals surface area contributed by atoms with Crippen molar-refractivity contribution in [2.24, 2.45) is 17.4 Å². The SMILES string of the molecule is C.CC(C)C(CN)c1nc2cc(C(F)(F)F)ccc2c(=O)n1Cc1ccccc1.CC(N)C(CNCc1ccccc1)c1nc2cc(C(F)(F)F)ccc2c(=O)n1Cc1ccccc1.O=Cc1ccccc1. The molecule has 378 valence electrons. The van der Waals surface area contributed by atoms with E-state index in [1.54, 1.807) is 12.1 Å². The third-order valence-corrected chi connectivity index (χ3v) is 11.8. The first-order valence-corrected chi connectivity index (χ1v) is 22.9. The second kappa shape index (κ2) is 25.2. The number of benzene rings is 6. The molecule has 10 nitrogen and oxygen atoms in total. The molecule has 8 rings (SSSR count). The van der Waals surface area contributed by atoms with Gasteiger partial charge in [0.15, 0.2) is 0 Å². The summed E-state index contributed by atoms with van der Waals surface area (Å²) in [4.78, 5) is 45.8. The van der Waals surface area contributed by atoms with Gasteiger partial charge >= 0.3 is 12.4 Å². The van der Waals surface area contributed by atoms with Crippen LogP contribution in [0.1, 0.15) is 89.9 Å². The van der Waals surface area contributed by atoms with E-state index in [-0.39, 0.29) is 66.3 Å². The van der Waals surface area contributed by atoms with E-state index in [1.807, 2.05) is 130 Å². The second-order valence-corrected chi connectivity index (χ2v) is 17.4. The van der Waals surface area contributed by atoms with Gasteiger partial charge in [-0.15, -0.1) is 0 Å². The number of fused-ring (bicyclic) bond motifs is 2.